The smallest absolute Gasteiger partial charge is 0.313 e. The van der Waals surface area contributed by atoms with Crippen LogP contribution < -0.4 is 9.47 Å². The van der Waals surface area contributed by atoms with Crippen molar-refractivity contribution in [3.05, 3.63) is 36.6 Å². The predicted molar refractivity (Wildman–Crippen MR) is 85.6 cm³/mol. The molecule has 0 aromatic heterocycles. The monoisotopic (exact) mass is 335 g/mol. The maximum absolute atomic E-state index is 12.5. The number of ether oxygens (including phenoxy) is 4. The molecule has 7 heteroatoms. The summed E-state index contributed by atoms with van der Waals surface area (Å²) in [5.74, 6) is 0.440. The first-order valence-corrected chi connectivity index (χ1v) is 7.50. The lowest BCUT2D eigenvalue weighted by atomic mass is 10.1. The highest BCUT2D eigenvalue weighted by atomic mass is 16.5. The summed E-state index contributed by atoms with van der Waals surface area (Å²) in [5, 5.41) is 0. The number of morpholine rings is 1. The van der Waals surface area contributed by atoms with Gasteiger partial charge in [-0.2, -0.15) is 0 Å². The molecule has 0 unspecified atom stereocenters. The van der Waals surface area contributed by atoms with Crippen LogP contribution in [0.3, 0.4) is 0 Å². The number of benzene rings is 1. The van der Waals surface area contributed by atoms with Gasteiger partial charge < -0.3 is 23.8 Å². The van der Waals surface area contributed by atoms with E-state index in [4.69, 9.17) is 14.2 Å². The van der Waals surface area contributed by atoms with E-state index in [0.29, 0.717) is 31.2 Å². The van der Waals surface area contributed by atoms with Crippen molar-refractivity contribution in [2.75, 3.05) is 27.4 Å². The number of methoxy groups -OCH3 is 2. The molecule has 1 aliphatic rings. The van der Waals surface area contributed by atoms with Crippen molar-refractivity contribution < 1.29 is 28.5 Å². The van der Waals surface area contributed by atoms with E-state index < -0.39 is 12.1 Å². The molecule has 1 amide bonds. The minimum absolute atomic E-state index is 0.132. The maximum Gasteiger partial charge on any atom is 0.313 e. The van der Waals surface area contributed by atoms with Crippen LogP contribution in [0.25, 0.3) is 0 Å². The number of hydrogen-bond acceptors (Lipinski definition) is 6. The van der Waals surface area contributed by atoms with Crippen LogP contribution in [0.4, 0.5) is 0 Å². The highest BCUT2D eigenvalue weighted by molar-refractivity contribution is 5.86. The minimum atomic E-state index is -0.827. The van der Waals surface area contributed by atoms with Gasteiger partial charge in [0.05, 0.1) is 33.5 Å². The second-order valence-corrected chi connectivity index (χ2v) is 5.17. The zero-order valence-corrected chi connectivity index (χ0v) is 13.8. The van der Waals surface area contributed by atoms with Crippen molar-refractivity contribution in [1.29, 1.82) is 0 Å². The lowest BCUT2D eigenvalue weighted by Gasteiger charge is -2.32. The quantitative estimate of drug-likeness (QED) is 0.555. The molecule has 2 rings (SSSR count). The van der Waals surface area contributed by atoms with Gasteiger partial charge in [0.15, 0.2) is 11.5 Å². The lowest BCUT2D eigenvalue weighted by molar-refractivity contribution is -0.160. The Morgan fingerprint density at radius 3 is 2.79 bits per heavy atom. The van der Waals surface area contributed by atoms with Crippen molar-refractivity contribution >= 4 is 11.9 Å². The van der Waals surface area contributed by atoms with Gasteiger partial charge in [-0.1, -0.05) is 12.6 Å². The number of esters is 1. The van der Waals surface area contributed by atoms with Crippen LogP contribution in [0, 0.1) is 0 Å². The highest BCUT2D eigenvalue weighted by Crippen LogP contribution is 2.28. The molecule has 0 radical (unpaired) electrons. The number of carbonyl (C=O) groups excluding carboxylic acids is 2. The molecule has 1 aliphatic heterocycles. The molecule has 1 saturated heterocycles. The Morgan fingerprint density at radius 1 is 1.38 bits per heavy atom. The van der Waals surface area contributed by atoms with E-state index in [0.717, 1.165) is 11.8 Å². The maximum atomic E-state index is 12.5. The summed E-state index contributed by atoms with van der Waals surface area (Å²) in [6.45, 7) is 4.54. The third-order valence-electron chi connectivity index (χ3n) is 3.66. The Labute approximate surface area is 140 Å². The van der Waals surface area contributed by atoms with Crippen molar-refractivity contribution in [2.24, 2.45) is 0 Å². The fraction of sp³-hybridized carbons (Fsp3) is 0.412. The molecule has 0 spiro atoms. The van der Waals surface area contributed by atoms with Crippen molar-refractivity contribution in [2.45, 2.75) is 19.1 Å². The first kappa shape index (κ1) is 17.8. The molecule has 1 atom stereocenters. The zero-order chi connectivity index (χ0) is 17.5. The van der Waals surface area contributed by atoms with Crippen LogP contribution in [0.15, 0.2) is 31.0 Å². The number of rotatable bonds is 7. The molecule has 0 bridgehead atoms. The Bertz CT molecular complexity index is 615. The first-order chi connectivity index (χ1) is 11.6. The number of hydrogen-bond donors (Lipinski definition) is 0. The van der Waals surface area contributed by atoms with Gasteiger partial charge in [-0.05, 0) is 17.7 Å². The lowest BCUT2D eigenvalue weighted by Crippen LogP contribution is -2.48. The second kappa shape index (κ2) is 8.35. The molecule has 130 valence electrons. The van der Waals surface area contributed by atoms with Crippen LogP contribution in [-0.4, -0.2) is 50.3 Å². The van der Waals surface area contributed by atoms with Gasteiger partial charge in [-0.15, -0.1) is 0 Å². The predicted octanol–water partition coefficient (Wildman–Crippen LogP) is 1.51. The first-order valence-electron chi connectivity index (χ1n) is 7.50. The molecule has 0 N–H and O–H groups in total. The van der Waals surface area contributed by atoms with Gasteiger partial charge in [0.25, 0.3) is 5.91 Å². The molecule has 1 heterocycles. The van der Waals surface area contributed by atoms with Gasteiger partial charge in [-0.25, -0.2) is 0 Å². The topological polar surface area (TPSA) is 74.3 Å². The molecule has 0 aliphatic carbocycles. The summed E-state index contributed by atoms with van der Waals surface area (Å²) in [4.78, 5) is 25.6. The van der Waals surface area contributed by atoms with Crippen molar-refractivity contribution in [3.8, 4) is 11.5 Å². The zero-order valence-electron chi connectivity index (χ0n) is 13.8. The Balaban J connectivity index is 2.05. The summed E-state index contributed by atoms with van der Waals surface area (Å²) < 4.78 is 20.5. The largest absolute Gasteiger partial charge is 0.493 e. The molecule has 1 fully saturated rings. The van der Waals surface area contributed by atoms with Crippen LogP contribution >= 0.6 is 0 Å². The highest BCUT2D eigenvalue weighted by Gasteiger charge is 2.31. The van der Waals surface area contributed by atoms with Crippen LogP contribution in [-0.2, 0) is 25.6 Å². The summed E-state index contributed by atoms with van der Waals surface area (Å²) in [5.41, 5.74) is 0.898. The minimum Gasteiger partial charge on any atom is -0.493 e. The van der Waals surface area contributed by atoms with E-state index in [9.17, 15) is 9.59 Å². The van der Waals surface area contributed by atoms with Crippen LogP contribution in [0.5, 0.6) is 11.5 Å². The van der Waals surface area contributed by atoms with E-state index in [-0.39, 0.29) is 12.3 Å². The average molecular weight is 335 g/mol. The Morgan fingerprint density at radius 2 is 2.12 bits per heavy atom. The number of carbonyl (C=O) groups is 2. The van der Waals surface area contributed by atoms with Gasteiger partial charge >= 0.3 is 5.97 Å². The number of amides is 1. The third kappa shape index (κ3) is 4.26. The number of nitrogens with zero attached hydrogens (tertiary/aromatic N) is 1. The van der Waals surface area contributed by atoms with Crippen LogP contribution in [0.1, 0.15) is 12.0 Å². The van der Waals surface area contributed by atoms with Crippen molar-refractivity contribution in [1.82, 2.24) is 4.90 Å². The summed E-state index contributed by atoms with van der Waals surface area (Å²) in [6.07, 6.45) is 0.0796. The molecule has 1 aromatic rings. The van der Waals surface area contributed by atoms with Gasteiger partial charge in [0.2, 0.25) is 0 Å². The van der Waals surface area contributed by atoms with Crippen molar-refractivity contribution in [3.63, 3.8) is 0 Å². The molecule has 7 nitrogen and oxygen atoms in total. The summed E-state index contributed by atoms with van der Waals surface area (Å²) >= 11 is 0. The van der Waals surface area contributed by atoms with Gasteiger partial charge in [0, 0.05) is 13.1 Å². The fourth-order valence-corrected chi connectivity index (χ4v) is 2.49. The average Bonchev–Trinajstić information content (AvgIpc) is 2.58. The van der Waals surface area contributed by atoms with Gasteiger partial charge in [0.1, 0.15) is 6.10 Å². The van der Waals surface area contributed by atoms with Gasteiger partial charge in [-0.3, -0.25) is 9.59 Å². The molecular weight excluding hydrogens is 314 g/mol. The molecule has 0 saturated carbocycles. The van der Waals surface area contributed by atoms with E-state index >= 15 is 0 Å². The van der Waals surface area contributed by atoms with E-state index in [1.54, 1.807) is 25.2 Å². The summed E-state index contributed by atoms with van der Waals surface area (Å²) in [6, 6.07) is 5.48. The summed E-state index contributed by atoms with van der Waals surface area (Å²) in [7, 11) is 3.12. The SMILES string of the molecule is C=COC(=O)C[C@H]1OCCN(Cc2ccc(OC)c(OC)c2)C1=O. The normalized spacial score (nSPS) is 17.3. The fourth-order valence-electron chi connectivity index (χ4n) is 2.49. The Hall–Kier alpha value is -2.54. The second-order valence-electron chi connectivity index (χ2n) is 5.17. The standard InChI is InChI=1S/C17H21NO6/c1-4-23-16(19)10-15-17(20)18(7-8-24-15)11-12-5-6-13(21-2)14(9-12)22-3/h4-6,9,15H,1,7-8,10-11H2,2-3H3/t15-/m1/s1. The molecular formula is C17H21NO6. The van der Waals surface area contributed by atoms with Crippen LogP contribution in [0.2, 0.25) is 0 Å². The third-order valence-corrected chi connectivity index (χ3v) is 3.66. The van der Waals surface area contributed by atoms with E-state index in [2.05, 4.69) is 11.3 Å². The molecule has 1 aromatic carbocycles. The van der Waals surface area contributed by atoms with E-state index in [1.807, 2.05) is 12.1 Å². The Kier molecular flexibility index (Phi) is 6.20. The molecule has 24 heavy (non-hydrogen) atoms. The van der Waals surface area contributed by atoms with E-state index in [1.165, 1.54) is 0 Å².